The van der Waals surface area contributed by atoms with Crippen molar-refractivity contribution in [1.29, 1.82) is 5.26 Å². The number of ketones is 1. The van der Waals surface area contributed by atoms with Crippen molar-refractivity contribution < 1.29 is 9.53 Å². The van der Waals surface area contributed by atoms with Crippen LogP contribution in [0.15, 0.2) is 18.2 Å². The molecule has 14 heavy (non-hydrogen) atoms. The fraction of sp³-hybridized carbons (Fsp3) is 0.200. The molecule has 0 amide bonds. The van der Waals surface area contributed by atoms with Gasteiger partial charge in [-0.15, -0.1) is 0 Å². The molecule has 0 radical (unpaired) electrons. The van der Waals surface area contributed by atoms with Gasteiger partial charge < -0.3 is 4.74 Å². The topological polar surface area (TPSA) is 50.1 Å². The van der Waals surface area contributed by atoms with Crippen LogP contribution < -0.4 is 4.74 Å². The van der Waals surface area contributed by atoms with Gasteiger partial charge in [-0.1, -0.05) is 11.6 Å². The van der Waals surface area contributed by atoms with Crippen molar-refractivity contribution in [2.24, 2.45) is 0 Å². The normalized spacial score (nSPS) is 9.21. The molecule has 0 spiro atoms. The summed E-state index contributed by atoms with van der Waals surface area (Å²) in [6.07, 6.45) is 0. The van der Waals surface area contributed by atoms with Crippen LogP contribution in [0.1, 0.15) is 12.5 Å². The lowest BCUT2D eigenvalue weighted by atomic mass is 10.2. The maximum absolute atomic E-state index is 10.6. The first kappa shape index (κ1) is 10.6. The van der Waals surface area contributed by atoms with Gasteiger partial charge in [-0.25, -0.2) is 0 Å². The summed E-state index contributed by atoms with van der Waals surface area (Å²) in [7, 11) is 0. The van der Waals surface area contributed by atoms with Crippen LogP contribution in [0.4, 0.5) is 0 Å². The lowest BCUT2D eigenvalue weighted by molar-refractivity contribution is -0.118. The largest absolute Gasteiger partial charge is 0.486 e. The molecule has 1 aromatic rings. The highest BCUT2D eigenvalue weighted by atomic mass is 35.5. The standard InChI is InChI=1S/C10H8ClNO2/c1-7(13)6-14-9-3-2-8(5-12)10(11)4-9/h2-4H,6H2,1H3. The molecule has 0 saturated heterocycles. The van der Waals surface area contributed by atoms with E-state index in [0.29, 0.717) is 16.3 Å². The van der Waals surface area contributed by atoms with Crippen LogP contribution in [-0.2, 0) is 4.79 Å². The summed E-state index contributed by atoms with van der Waals surface area (Å²) in [4.78, 5) is 10.6. The minimum Gasteiger partial charge on any atom is -0.486 e. The van der Waals surface area contributed by atoms with Crippen LogP contribution in [0.2, 0.25) is 5.02 Å². The predicted molar refractivity (Wildman–Crippen MR) is 52.3 cm³/mol. The van der Waals surface area contributed by atoms with Gasteiger partial charge in [0.25, 0.3) is 0 Å². The van der Waals surface area contributed by atoms with Crippen molar-refractivity contribution in [3.8, 4) is 11.8 Å². The van der Waals surface area contributed by atoms with Gasteiger partial charge >= 0.3 is 0 Å². The summed E-state index contributed by atoms with van der Waals surface area (Å²) in [5.74, 6) is 0.426. The molecule has 0 aromatic heterocycles. The smallest absolute Gasteiger partial charge is 0.167 e. The first-order valence-electron chi connectivity index (χ1n) is 3.95. The molecule has 0 N–H and O–H groups in total. The Morgan fingerprint density at radius 1 is 1.64 bits per heavy atom. The van der Waals surface area contributed by atoms with Crippen LogP contribution >= 0.6 is 11.6 Å². The van der Waals surface area contributed by atoms with E-state index in [4.69, 9.17) is 21.6 Å². The van der Waals surface area contributed by atoms with Crippen molar-refractivity contribution in [2.75, 3.05) is 6.61 Å². The Kier molecular flexibility index (Phi) is 3.49. The summed E-state index contributed by atoms with van der Waals surface area (Å²) < 4.78 is 5.10. The Labute approximate surface area is 86.9 Å². The summed E-state index contributed by atoms with van der Waals surface area (Å²) in [6, 6.07) is 6.61. The summed E-state index contributed by atoms with van der Waals surface area (Å²) in [5, 5.41) is 8.93. The Hall–Kier alpha value is -1.53. The monoisotopic (exact) mass is 209 g/mol. The van der Waals surface area contributed by atoms with Crippen molar-refractivity contribution in [3.63, 3.8) is 0 Å². The molecule has 0 saturated carbocycles. The highest BCUT2D eigenvalue weighted by Crippen LogP contribution is 2.21. The van der Waals surface area contributed by atoms with E-state index in [2.05, 4.69) is 0 Å². The minimum atomic E-state index is -0.0644. The predicted octanol–water partition coefficient (Wildman–Crippen LogP) is 2.18. The van der Waals surface area contributed by atoms with Gasteiger partial charge in [0.05, 0.1) is 10.6 Å². The van der Waals surface area contributed by atoms with Gasteiger partial charge in [-0.3, -0.25) is 4.79 Å². The number of benzene rings is 1. The molecule has 0 aliphatic heterocycles. The first-order chi connectivity index (χ1) is 6.63. The number of carbonyl (C=O) groups is 1. The number of hydrogen-bond acceptors (Lipinski definition) is 3. The molecule has 0 bridgehead atoms. The molecular formula is C10H8ClNO2. The number of rotatable bonds is 3. The second-order valence-electron chi connectivity index (χ2n) is 2.74. The molecule has 0 atom stereocenters. The number of nitrogens with zero attached hydrogens (tertiary/aromatic N) is 1. The molecule has 4 heteroatoms. The second kappa shape index (κ2) is 4.64. The number of carbonyl (C=O) groups excluding carboxylic acids is 1. The van der Waals surface area contributed by atoms with Crippen molar-refractivity contribution >= 4 is 17.4 Å². The summed E-state index contributed by atoms with van der Waals surface area (Å²) in [5.41, 5.74) is 0.391. The number of hydrogen-bond donors (Lipinski definition) is 0. The molecule has 3 nitrogen and oxygen atoms in total. The molecule has 1 rings (SSSR count). The number of ether oxygens (including phenoxy) is 1. The molecule has 1 aromatic carbocycles. The van der Waals surface area contributed by atoms with E-state index in [-0.39, 0.29) is 12.4 Å². The highest BCUT2D eigenvalue weighted by Gasteiger charge is 2.02. The van der Waals surface area contributed by atoms with Crippen LogP contribution in [0.3, 0.4) is 0 Å². The SMILES string of the molecule is CC(=O)COc1ccc(C#N)c(Cl)c1. The Bertz CT molecular complexity index is 396. The number of Topliss-reactive ketones (excluding diaryl/α,β-unsaturated/α-hetero) is 1. The van der Waals surface area contributed by atoms with Gasteiger partial charge in [-0.2, -0.15) is 5.26 Å². The van der Waals surface area contributed by atoms with Crippen LogP contribution in [0.25, 0.3) is 0 Å². The molecule has 0 heterocycles. The Morgan fingerprint density at radius 2 is 2.36 bits per heavy atom. The van der Waals surface area contributed by atoms with Crippen molar-refractivity contribution in [3.05, 3.63) is 28.8 Å². The maximum atomic E-state index is 10.6. The van der Waals surface area contributed by atoms with E-state index in [1.54, 1.807) is 12.1 Å². The van der Waals surface area contributed by atoms with E-state index in [0.717, 1.165) is 0 Å². The Balaban J connectivity index is 2.77. The summed E-state index contributed by atoms with van der Waals surface area (Å²) in [6.45, 7) is 1.45. The van der Waals surface area contributed by atoms with Crippen molar-refractivity contribution in [2.45, 2.75) is 6.92 Å². The molecule has 0 unspecified atom stereocenters. The third-order valence-electron chi connectivity index (χ3n) is 1.50. The fourth-order valence-electron chi connectivity index (χ4n) is 0.861. The maximum Gasteiger partial charge on any atom is 0.167 e. The number of halogens is 1. The molecule has 0 fully saturated rings. The van der Waals surface area contributed by atoms with Gasteiger partial charge in [0.2, 0.25) is 0 Å². The first-order valence-corrected chi connectivity index (χ1v) is 4.33. The molecule has 72 valence electrons. The van der Waals surface area contributed by atoms with E-state index >= 15 is 0 Å². The van der Waals surface area contributed by atoms with Crippen LogP contribution in [0.5, 0.6) is 5.75 Å². The van der Waals surface area contributed by atoms with E-state index in [1.165, 1.54) is 13.0 Å². The quantitative estimate of drug-likeness (QED) is 0.767. The van der Waals surface area contributed by atoms with Gasteiger partial charge in [0.15, 0.2) is 5.78 Å². The lowest BCUT2D eigenvalue weighted by Gasteiger charge is -2.04. The average molecular weight is 210 g/mol. The molecule has 0 aliphatic carbocycles. The fourth-order valence-corrected chi connectivity index (χ4v) is 1.07. The highest BCUT2D eigenvalue weighted by molar-refractivity contribution is 6.31. The number of nitriles is 1. The third-order valence-corrected chi connectivity index (χ3v) is 1.82. The zero-order valence-corrected chi connectivity index (χ0v) is 8.34. The van der Waals surface area contributed by atoms with Gasteiger partial charge in [0.1, 0.15) is 18.4 Å². The lowest BCUT2D eigenvalue weighted by Crippen LogP contribution is -2.06. The van der Waals surface area contributed by atoms with Gasteiger partial charge in [0, 0.05) is 6.07 Å². The summed E-state index contributed by atoms with van der Waals surface area (Å²) >= 11 is 5.76. The van der Waals surface area contributed by atoms with Crippen molar-refractivity contribution in [1.82, 2.24) is 0 Å². The average Bonchev–Trinajstić information content (AvgIpc) is 2.15. The zero-order chi connectivity index (χ0) is 10.6. The zero-order valence-electron chi connectivity index (χ0n) is 7.58. The second-order valence-corrected chi connectivity index (χ2v) is 3.15. The van der Waals surface area contributed by atoms with Crippen LogP contribution in [0, 0.1) is 11.3 Å². The van der Waals surface area contributed by atoms with E-state index in [1.807, 2.05) is 6.07 Å². The van der Waals surface area contributed by atoms with Crippen LogP contribution in [-0.4, -0.2) is 12.4 Å². The van der Waals surface area contributed by atoms with Gasteiger partial charge in [-0.05, 0) is 19.1 Å². The molecule has 0 aliphatic rings. The van der Waals surface area contributed by atoms with E-state index < -0.39 is 0 Å². The Morgan fingerprint density at radius 3 is 2.86 bits per heavy atom. The third kappa shape index (κ3) is 2.75. The molecular weight excluding hydrogens is 202 g/mol. The van der Waals surface area contributed by atoms with E-state index in [9.17, 15) is 4.79 Å². The minimum absolute atomic E-state index is 0.0161.